The van der Waals surface area contributed by atoms with E-state index in [0.29, 0.717) is 18.2 Å². The van der Waals surface area contributed by atoms with Gasteiger partial charge in [0.05, 0.1) is 11.1 Å². The number of nitrogens with zero attached hydrogens (tertiary/aromatic N) is 2. The van der Waals surface area contributed by atoms with Gasteiger partial charge in [-0.3, -0.25) is 14.7 Å². The molecule has 0 bridgehead atoms. The molecule has 1 aliphatic carbocycles. The van der Waals surface area contributed by atoms with Crippen molar-refractivity contribution in [2.24, 2.45) is 0 Å². The lowest BCUT2D eigenvalue weighted by molar-refractivity contribution is 0.0767. The molecular formula is C32H34N4O2. The molecule has 4 aromatic rings. The smallest absolute Gasteiger partial charge is 0.252 e. The maximum absolute atomic E-state index is 13.6. The number of carbonyl (C=O) groups is 1. The van der Waals surface area contributed by atoms with Crippen LogP contribution in [0.25, 0.3) is 10.9 Å². The Balaban J connectivity index is 1.24. The van der Waals surface area contributed by atoms with Crippen molar-refractivity contribution >= 4 is 22.5 Å². The fraction of sp³-hybridized carbons (Fsp3) is 0.312. The number of likely N-dealkylation sites (tertiary alicyclic amines) is 1. The molecule has 1 aliphatic heterocycles. The lowest BCUT2D eigenvalue weighted by Gasteiger charge is -2.37. The molecule has 2 aliphatic rings. The largest absolute Gasteiger partial charge is 0.492 e. The predicted octanol–water partition coefficient (Wildman–Crippen LogP) is 5.66. The van der Waals surface area contributed by atoms with Gasteiger partial charge in [0.1, 0.15) is 12.4 Å². The highest BCUT2D eigenvalue weighted by molar-refractivity contribution is 5.97. The third-order valence-electron chi connectivity index (χ3n) is 8.01. The van der Waals surface area contributed by atoms with Gasteiger partial charge in [0.25, 0.3) is 5.91 Å². The number of benzene rings is 3. The zero-order chi connectivity index (χ0) is 26.1. The molecule has 0 spiro atoms. The van der Waals surface area contributed by atoms with Gasteiger partial charge in [-0.25, -0.2) is 0 Å². The molecule has 2 heterocycles. The fourth-order valence-corrected chi connectivity index (χ4v) is 5.26. The number of ether oxygens (including phenoxy) is 1. The zero-order valence-electron chi connectivity index (χ0n) is 22.0. The number of fused-ring (bicyclic) bond motifs is 1. The molecule has 1 aromatic heterocycles. The lowest BCUT2D eigenvalue weighted by atomic mass is 9.97. The van der Waals surface area contributed by atoms with Crippen molar-refractivity contribution in [3.8, 4) is 5.75 Å². The van der Waals surface area contributed by atoms with Gasteiger partial charge in [0, 0.05) is 35.4 Å². The summed E-state index contributed by atoms with van der Waals surface area (Å²) in [5.74, 6) is 0.679. The second-order valence-corrected chi connectivity index (χ2v) is 10.7. The van der Waals surface area contributed by atoms with E-state index in [4.69, 9.17) is 4.74 Å². The first-order chi connectivity index (χ1) is 18.5. The molecule has 0 radical (unpaired) electrons. The molecule has 1 atom stereocenters. The van der Waals surface area contributed by atoms with Gasteiger partial charge in [-0.1, -0.05) is 42.5 Å². The van der Waals surface area contributed by atoms with Crippen molar-refractivity contribution in [3.05, 3.63) is 101 Å². The first kappa shape index (κ1) is 24.4. The molecule has 1 saturated carbocycles. The maximum atomic E-state index is 13.6. The molecule has 1 unspecified atom stereocenters. The number of pyridine rings is 1. The Morgan fingerprint density at radius 2 is 1.92 bits per heavy atom. The highest BCUT2D eigenvalue weighted by atomic mass is 16.5. The number of aryl methyl sites for hydroxylation is 1. The van der Waals surface area contributed by atoms with E-state index >= 15 is 0 Å². The number of aromatic nitrogens is 1. The van der Waals surface area contributed by atoms with Gasteiger partial charge in [0.15, 0.2) is 0 Å². The number of nitrogens with one attached hydrogen (secondary N) is 2. The van der Waals surface area contributed by atoms with E-state index in [1.54, 1.807) is 0 Å². The molecule has 2 N–H and O–H groups in total. The number of likely N-dealkylation sites (N-methyl/N-ethyl adjacent to an activating group) is 1. The van der Waals surface area contributed by atoms with Crippen molar-refractivity contribution in [1.29, 1.82) is 0 Å². The summed E-state index contributed by atoms with van der Waals surface area (Å²) in [6, 6.07) is 24.9. The van der Waals surface area contributed by atoms with Crippen LogP contribution >= 0.6 is 0 Å². The van der Waals surface area contributed by atoms with Crippen LogP contribution in [0.5, 0.6) is 5.75 Å². The van der Waals surface area contributed by atoms with Crippen LogP contribution in [0.3, 0.4) is 0 Å². The summed E-state index contributed by atoms with van der Waals surface area (Å²) >= 11 is 0. The Labute approximate surface area is 224 Å². The molecule has 1 amide bonds. The van der Waals surface area contributed by atoms with E-state index in [9.17, 15) is 4.79 Å². The third-order valence-corrected chi connectivity index (χ3v) is 8.01. The van der Waals surface area contributed by atoms with Crippen molar-refractivity contribution in [3.63, 3.8) is 0 Å². The van der Waals surface area contributed by atoms with Gasteiger partial charge in [0.2, 0.25) is 0 Å². The predicted molar refractivity (Wildman–Crippen MR) is 152 cm³/mol. The number of anilines is 1. The van der Waals surface area contributed by atoms with Crippen LogP contribution < -0.4 is 15.4 Å². The third kappa shape index (κ3) is 4.96. The van der Waals surface area contributed by atoms with E-state index in [1.165, 1.54) is 5.56 Å². The molecular weight excluding hydrogens is 472 g/mol. The second kappa shape index (κ2) is 10.1. The molecule has 2 fully saturated rings. The lowest BCUT2D eigenvalue weighted by Crippen LogP contribution is -2.48. The summed E-state index contributed by atoms with van der Waals surface area (Å²) in [7, 11) is 2.12. The standard InChI is InChI=1S/C32H34N4O2/c1-22-10-11-26(38-21-25-12-16-36(25)2)19-28(22)31(37)35-32(13-14-32)29-17-24(18-30-27(29)9-6-15-33-30)34-20-23-7-4-3-5-8-23/h3-11,15,17-19,25,34H,12-14,16,20-21H2,1-2H3,(H,35,37). The Morgan fingerprint density at radius 1 is 1.08 bits per heavy atom. The van der Waals surface area contributed by atoms with E-state index in [1.807, 2.05) is 55.6 Å². The number of carbonyl (C=O) groups excluding carboxylic acids is 1. The normalized spacial score (nSPS) is 18.0. The quantitative estimate of drug-likeness (QED) is 0.307. The van der Waals surface area contributed by atoms with Crippen LogP contribution in [0.1, 0.15) is 46.3 Å². The Kier molecular flexibility index (Phi) is 6.50. The van der Waals surface area contributed by atoms with Gasteiger partial charge >= 0.3 is 0 Å². The SMILES string of the molecule is Cc1ccc(OCC2CCN2C)cc1C(=O)NC1(c2cc(NCc3ccccc3)cc3ncccc23)CC1. The topological polar surface area (TPSA) is 66.5 Å². The van der Waals surface area contributed by atoms with Crippen LogP contribution in [0.15, 0.2) is 79.0 Å². The zero-order valence-corrected chi connectivity index (χ0v) is 22.0. The highest BCUT2D eigenvalue weighted by Gasteiger charge is 2.47. The van der Waals surface area contributed by atoms with E-state index in [-0.39, 0.29) is 5.91 Å². The average molecular weight is 507 g/mol. The van der Waals surface area contributed by atoms with Crippen LogP contribution in [-0.2, 0) is 12.1 Å². The monoisotopic (exact) mass is 506 g/mol. The molecule has 3 aromatic carbocycles. The van der Waals surface area contributed by atoms with Crippen molar-refractivity contribution in [2.75, 3.05) is 25.5 Å². The van der Waals surface area contributed by atoms with Crippen LogP contribution in [0.4, 0.5) is 5.69 Å². The molecule has 38 heavy (non-hydrogen) atoms. The Hall–Kier alpha value is -3.90. The first-order valence-corrected chi connectivity index (χ1v) is 13.4. The summed E-state index contributed by atoms with van der Waals surface area (Å²) in [6.07, 6.45) is 4.77. The van der Waals surface area contributed by atoms with Crippen LogP contribution in [0.2, 0.25) is 0 Å². The summed E-state index contributed by atoms with van der Waals surface area (Å²) < 4.78 is 6.06. The van der Waals surface area contributed by atoms with Crippen LogP contribution in [0, 0.1) is 6.92 Å². The molecule has 194 valence electrons. The minimum absolute atomic E-state index is 0.0640. The van der Waals surface area contributed by atoms with Crippen molar-refractivity contribution in [2.45, 2.75) is 44.3 Å². The average Bonchev–Trinajstić information content (AvgIpc) is 3.72. The van der Waals surface area contributed by atoms with E-state index in [2.05, 4.69) is 57.9 Å². The molecule has 1 saturated heterocycles. The van der Waals surface area contributed by atoms with E-state index < -0.39 is 5.54 Å². The number of hydrogen-bond donors (Lipinski definition) is 2. The molecule has 6 heteroatoms. The summed E-state index contributed by atoms with van der Waals surface area (Å²) in [4.78, 5) is 20.6. The fourth-order valence-electron chi connectivity index (χ4n) is 5.26. The summed E-state index contributed by atoms with van der Waals surface area (Å²) in [5, 5.41) is 8.03. The van der Waals surface area contributed by atoms with Gasteiger partial charge in [-0.05, 0) is 86.8 Å². The van der Waals surface area contributed by atoms with Crippen molar-refractivity contribution in [1.82, 2.24) is 15.2 Å². The maximum Gasteiger partial charge on any atom is 0.252 e. The second-order valence-electron chi connectivity index (χ2n) is 10.7. The minimum atomic E-state index is -0.402. The van der Waals surface area contributed by atoms with Crippen molar-refractivity contribution < 1.29 is 9.53 Å². The Bertz CT molecular complexity index is 1470. The highest BCUT2D eigenvalue weighted by Crippen LogP contribution is 2.49. The summed E-state index contributed by atoms with van der Waals surface area (Å²) in [5.41, 5.74) is 5.46. The number of rotatable bonds is 9. The summed E-state index contributed by atoms with van der Waals surface area (Å²) in [6.45, 7) is 4.46. The number of amides is 1. The van der Waals surface area contributed by atoms with Gasteiger partial charge in [-0.2, -0.15) is 0 Å². The molecule has 6 rings (SSSR count). The van der Waals surface area contributed by atoms with Gasteiger partial charge < -0.3 is 15.4 Å². The molecule has 6 nitrogen and oxygen atoms in total. The van der Waals surface area contributed by atoms with Gasteiger partial charge in [-0.15, -0.1) is 0 Å². The number of hydrogen-bond acceptors (Lipinski definition) is 5. The van der Waals surface area contributed by atoms with Crippen LogP contribution in [-0.4, -0.2) is 42.0 Å². The Morgan fingerprint density at radius 3 is 2.66 bits per heavy atom. The van der Waals surface area contributed by atoms with E-state index in [0.717, 1.165) is 65.8 Å². The first-order valence-electron chi connectivity index (χ1n) is 13.4. The minimum Gasteiger partial charge on any atom is -0.492 e.